The summed E-state index contributed by atoms with van der Waals surface area (Å²) in [5, 5.41) is 0. The number of hydrogen-bond donors (Lipinski definition) is 1. The molecule has 1 aromatic rings. The standard InChI is InChI=1S/C10H10O3S/c1-6-2-9-10(13-5-12-9)3-7(6)8(11)4-14/h2-3,14H,4-5H2,1H3. The van der Waals surface area contributed by atoms with Gasteiger partial charge in [-0.25, -0.2) is 0 Å². The number of thiol groups is 1. The lowest BCUT2D eigenvalue weighted by Gasteiger charge is -2.04. The van der Waals surface area contributed by atoms with E-state index in [-0.39, 0.29) is 18.3 Å². The van der Waals surface area contributed by atoms with Crippen LogP contribution in [0, 0.1) is 6.92 Å². The van der Waals surface area contributed by atoms with Gasteiger partial charge in [-0.3, -0.25) is 4.79 Å². The maximum absolute atomic E-state index is 11.5. The number of Topliss-reactive ketones (excluding diaryl/α,β-unsaturated/α-hetero) is 1. The largest absolute Gasteiger partial charge is 0.454 e. The van der Waals surface area contributed by atoms with Gasteiger partial charge in [0.25, 0.3) is 0 Å². The zero-order valence-corrected chi connectivity index (χ0v) is 8.64. The predicted molar refractivity (Wildman–Crippen MR) is 55.5 cm³/mol. The molecular weight excluding hydrogens is 200 g/mol. The molecule has 0 aliphatic carbocycles. The van der Waals surface area contributed by atoms with E-state index in [1.54, 1.807) is 6.07 Å². The highest BCUT2D eigenvalue weighted by atomic mass is 32.1. The Hall–Kier alpha value is -1.16. The molecule has 0 spiro atoms. The summed E-state index contributed by atoms with van der Waals surface area (Å²) in [6.07, 6.45) is 0. The molecule has 0 radical (unpaired) electrons. The molecular formula is C10H10O3S. The van der Waals surface area contributed by atoms with Crippen LogP contribution in [-0.4, -0.2) is 18.3 Å². The Morgan fingerprint density at radius 2 is 2.07 bits per heavy atom. The Morgan fingerprint density at radius 3 is 2.71 bits per heavy atom. The van der Waals surface area contributed by atoms with Gasteiger partial charge in [0.1, 0.15) is 0 Å². The number of aryl methyl sites for hydroxylation is 1. The van der Waals surface area contributed by atoms with Crippen LogP contribution in [-0.2, 0) is 0 Å². The second-order valence-electron chi connectivity index (χ2n) is 3.10. The summed E-state index contributed by atoms with van der Waals surface area (Å²) in [5.41, 5.74) is 1.55. The van der Waals surface area contributed by atoms with Gasteiger partial charge in [0.05, 0.1) is 5.75 Å². The molecule has 1 heterocycles. The van der Waals surface area contributed by atoms with Gasteiger partial charge in [-0.1, -0.05) is 0 Å². The Morgan fingerprint density at radius 1 is 1.43 bits per heavy atom. The molecule has 0 saturated heterocycles. The van der Waals surface area contributed by atoms with E-state index < -0.39 is 0 Å². The van der Waals surface area contributed by atoms with E-state index in [9.17, 15) is 4.79 Å². The monoisotopic (exact) mass is 210 g/mol. The maximum Gasteiger partial charge on any atom is 0.231 e. The molecule has 0 atom stereocenters. The molecule has 14 heavy (non-hydrogen) atoms. The first kappa shape index (κ1) is 9.40. The molecule has 0 fully saturated rings. The van der Waals surface area contributed by atoms with Crippen molar-refractivity contribution in [1.29, 1.82) is 0 Å². The van der Waals surface area contributed by atoms with Crippen molar-refractivity contribution in [2.24, 2.45) is 0 Å². The Kier molecular flexibility index (Phi) is 2.37. The van der Waals surface area contributed by atoms with Crippen LogP contribution in [0.25, 0.3) is 0 Å². The van der Waals surface area contributed by atoms with E-state index in [0.29, 0.717) is 17.1 Å². The molecule has 1 aliphatic rings. The third kappa shape index (κ3) is 1.46. The predicted octanol–water partition coefficient (Wildman–Crippen LogP) is 1.84. The molecule has 0 unspecified atom stereocenters. The highest BCUT2D eigenvalue weighted by molar-refractivity contribution is 7.81. The molecule has 0 N–H and O–H groups in total. The fourth-order valence-electron chi connectivity index (χ4n) is 1.43. The van der Waals surface area contributed by atoms with E-state index in [2.05, 4.69) is 12.6 Å². The highest BCUT2D eigenvalue weighted by Gasteiger charge is 2.18. The van der Waals surface area contributed by atoms with Crippen LogP contribution in [0.4, 0.5) is 0 Å². The minimum absolute atomic E-state index is 0.00383. The normalized spacial score (nSPS) is 13.0. The number of ether oxygens (including phenoxy) is 2. The second-order valence-corrected chi connectivity index (χ2v) is 3.42. The topological polar surface area (TPSA) is 35.5 Å². The zero-order chi connectivity index (χ0) is 10.1. The van der Waals surface area contributed by atoms with Gasteiger partial charge in [-0.2, -0.15) is 12.6 Å². The lowest BCUT2D eigenvalue weighted by Crippen LogP contribution is -2.02. The molecule has 74 valence electrons. The Bertz CT molecular complexity index is 387. The van der Waals surface area contributed by atoms with Gasteiger partial charge in [-0.15, -0.1) is 0 Å². The van der Waals surface area contributed by atoms with Crippen molar-refractivity contribution in [1.82, 2.24) is 0 Å². The third-order valence-corrected chi connectivity index (χ3v) is 2.45. The lowest BCUT2D eigenvalue weighted by molar-refractivity contribution is 0.102. The van der Waals surface area contributed by atoms with Crippen LogP contribution in [0.2, 0.25) is 0 Å². The summed E-state index contributed by atoms with van der Waals surface area (Å²) in [7, 11) is 0. The number of ketones is 1. The number of fused-ring (bicyclic) bond motifs is 1. The molecule has 2 rings (SSSR count). The fraction of sp³-hybridized carbons (Fsp3) is 0.300. The van der Waals surface area contributed by atoms with Crippen molar-refractivity contribution >= 4 is 18.4 Å². The van der Waals surface area contributed by atoms with Crippen molar-refractivity contribution < 1.29 is 14.3 Å². The van der Waals surface area contributed by atoms with E-state index in [1.165, 1.54) is 0 Å². The fourth-order valence-corrected chi connectivity index (χ4v) is 1.60. The van der Waals surface area contributed by atoms with Crippen LogP contribution >= 0.6 is 12.6 Å². The van der Waals surface area contributed by atoms with Crippen LogP contribution in [0.15, 0.2) is 12.1 Å². The molecule has 0 bridgehead atoms. The van der Waals surface area contributed by atoms with Crippen LogP contribution in [0.3, 0.4) is 0 Å². The summed E-state index contributed by atoms with van der Waals surface area (Å²) in [6.45, 7) is 2.10. The Labute approximate surface area is 87.4 Å². The van der Waals surface area contributed by atoms with Crippen molar-refractivity contribution in [2.75, 3.05) is 12.5 Å². The second kappa shape index (κ2) is 3.53. The van der Waals surface area contributed by atoms with Gasteiger partial charge in [0.15, 0.2) is 17.3 Å². The zero-order valence-electron chi connectivity index (χ0n) is 7.74. The van der Waals surface area contributed by atoms with Gasteiger partial charge < -0.3 is 9.47 Å². The first-order valence-corrected chi connectivity index (χ1v) is 4.90. The number of hydrogen-bond acceptors (Lipinski definition) is 4. The van der Waals surface area contributed by atoms with Gasteiger partial charge in [0.2, 0.25) is 6.79 Å². The first-order chi connectivity index (χ1) is 6.72. The molecule has 3 nitrogen and oxygen atoms in total. The maximum atomic E-state index is 11.5. The summed E-state index contributed by atoms with van der Waals surface area (Å²) in [4.78, 5) is 11.5. The van der Waals surface area contributed by atoms with E-state index in [1.807, 2.05) is 13.0 Å². The van der Waals surface area contributed by atoms with E-state index in [4.69, 9.17) is 9.47 Å². The number of carbonyl (C=O) groups is 1. The third-order valence-electron chi connectivity index (χ3n) is 2.16. The minimum atomic E-state index is 0.00383. The number of benzene rings is 1. The smallest absolute Gasteiger partial charge is 0.231 e. The summed E-state index contributed by atoms with van der Waals surface area (Å²) < 4.78 is 10.4. The average Bonchev–Trinajstić information content (AvgIpc) is 2.62. The average molecular weight is 210 g/mol. The van der Waals surface area contributed by atoms with Gasteiger partial charge >= 0.3 is 0 Å². The highest BCUT2D eigenvalue weighted by Crippen LogP contribution is 2.34. The summed E-state index contributed by atoms with van der Waals surface area (Å²) in [6, 6.07) is 3.54. The minimum Gasteiger partial charge on any atom is -0.454 e. The van der Waals surface area contributed by atoms with Crippen LogP contribution < -0.4 is 9.47 Å². The molecule has 1 aromatic carbocycles. The van der Waals surface area contributed by atoms with Crippen molar-refractivity contribution in [3.8, 4) is 11.5 Å². The molecule has 0 aromatic heterocycles. The number of rotatable bonds is 2. The first-order valence-electron chi connectivity index (χ1n) is 4.26. The molecule has 1 aliphatic heterocycles. The van der Waals surface area contributed by atoms with Crippen molar-refractivity contribution in [3.63, 3.8) is 0 Å². The quantitative estimate of drug-likeness (QED) is 0.597. The summed E-state index contributed by atoms with van der Waals surface area (Å²) in [5.74, 6) is 1.56. The van der Waals surface area contributed by atoms with Gasteiger partial charge in [-0.05, 0) is 24.6 Å². The Balaban J connectivity index is 2.47. The SMILES string of the molecule is Cc1cc2c(cc1C(=O)CS)OCO2. The van der Waals surface area contributed by atoms with Crippen molar-refractivity contribution in [3.05, 3.63) is 23.3 Å². The summed E-state index contributed by atoms with van der Waals surface area (Å²) >= 11 is 3.96. The number of carbonyl (C=O) groups excluding carboxylic acids is 1. The van der Waals surface area contributed by atoms with Crippen LogP contribution in [0.5, 0.6) is 11.5 Å². The molecule has 0 amide bonds. The van der Waals surface area contributed by atoms with E-state index in [0.717, 1.165) is 5.56 Å². The van der Waals surface area contributed by atoms with Gasteiger partial charge in [0, 0.05) is 5.56 Å². The van der Waals surface area contributed by atoms with Crippen molar-refractivity contribution in [2.45, 2.75) is 6.92 Å². The lowest BCUT2D eigenvalue weighted by atomic mass is 10.0. The van der Waals surface area contributed by atoms with E-state index >= 15 is 0 Å². The van der Waals surface area contributed by atoms with Crippen LogP contribution in [0.1, 0.15) is 15.9 Å². The molecule has 4 heteroatoms. The molecule has 0 saturated carbocycles.